The highest BCUT2D eigenvalue weighted by atomic mass is 16.5. The summed E-state index contributed by atoms with van der Waals surface area (Å²) in [7, 11) is 1.62. The second kappa shape index (κ2) is 9.65. The van der Waals surface area contributed by atoms with Gasteiger partial charge in [0, 0.05) is 12.1 Å². The van der Waals surface area contributed by atoms with Crippen LogP contribution in [0.5, 0.6) is 5.75 Å². The van der Waals surface area contributed by atoms with Gasteiger partial charge in [-0.15, -0.1) is 0 Å². The number of carbonyl (C=O) groups is 2. The number of aliphatic hydroxyl groups is 1. The first-order valence-electron chi connectivity index (χ1n) is 12.0. The molecule has 1 aliphatic rings. The van der Waals surface area contributed by atoms with Crippen molar-refractivity contribution in [2.24, 2.45) is 0 Å². The summed E-state index contributed by atoms with van der Waals surface area (Å²) in [5, 5.41) is 11.5. The zero-order chi connectivity index (χ0) is 25.4. The Morgan fingerprint density at radius 3 is 2.24 bits per heavy atom. The van der Waals surface area contributed by atoms with Crippen LogP contribution in [-0.2, 0) is 15.0 Å². The van der Waals surface area contributed by atoms with E-state index < -0.39 is 17.7 Å². The van der Waals surface area contributed by atoms with Crippen LogP contribution in [0, 0.1) is 6.92 Å². The Kier molecular flexibility index (Phi) is 7.25. The second-order valence-electron chi connectivity index (χ2n) is 10.4. The average Bonchev–Trinajstić information content (AvgIpc) is 3.03. The van der Waals surface area contributed by atoms with Crippen molar-refractivity contribution < 1.29 is 19.4 Å². The Bertz CT molecular complexity index is 1120. The van der Waals surface area contributed by atoms with Gasteiger partial charge in [-0.2, -0.15) is 0 Å². The number of hydrogen-bond donors (Lipinski definition) is 1. The summed E-state index contributed by atoms with van der Waals surface area (Å²) in [4.78, 5) is 27.8. The molecule has 0 spiro atoms. The summed E-state index contributed by atoms with van der Waals surface area (Å²) in [5.74, 6) is -0.445. The predicted molar refractivity (Wildman–Crippen MR) is 136 cm³/mol. The lowest BCUT2D eigenvalue weighted by Crippen LogP contribution is -2.30. The van der Waals surface area contributed by atoms with E-state index in [0.29, 0.717) is 18.5 Å². The van der Waals surface area contributed by atoms with E-state index in [9.17, 15) is 14.7 Å². The molecule has 2 aromatic rings. The first-order chi connectivity index (χ1) is 15.9. The van der Waals surface area contributed by atoms with E-state index in [-0.39, 0.29) is 22.7 Å². The molecule has 1 atom stereocenters. The van der Waals surface area contributed by atoms with Crippen molar-refractivity contribution in [2.45, 2.75) is 72.3 Å². The number of aliphatic hydroxyl groups excluding tert-OH is 1. The Labute approximate surface area is 203 Å². The van der Waals surface area contributed by atoms with Gasteiger partial charge in [0.05, 0.1) is 18.7 Å². The third-order valence-electron chi connectivity index (χ3n) is 6.55. The van der Waals surface area contributed by atoms with Gasteiger partial charge in [-0.1, -0.05) is 65.8 Å². The molecular formula is C29H37NO4. The minimum atomic E-state index is -0.642. The van der Waals surface area contributed by atoms with E-state index in [1.807, 2.05) is 64.1 Å². The van der Waals surface area contributed by atoms with Gasteiger partial charge in [-0.3, -0.25) is 9.59 Å². The number of rotatable bonds is 6. The summed E-state index contributed by atoms with van der Waals surface area (Å²) < 4.78 is 5.54. The molecule has 5 heteroatoms. The van der Waals surface area contributed by atoms with Crippen LogP contribution in [0.1, 0.15) is 87.7 Å². The fourth-order valence-corrected chi connectivity index (χ4v) is 4.59. The van der Waals surface area contributed by atoms with Crippen LogP contribution in [0.4, 0.5) is 0 Å². The third-order valence-corrected chi connectivity index (χ3v) is 6.55. The highest BCUT2D eigenvalue weighted by Gasteiger charge is 2.45. The lowest BCUT2D eigenvalue weighted by atomic mass is 9.85. The minimum Gasteiger partial charge on any atom is -0.507 e. The normalized spacial score (nSPS) is 18.1. The van der Waals surface area contributed by atoms with Crippen LogP contribution in [0.15, 0.2) is 42.0 Å². The minimum absolute atomic E-state index is 0.0167. The smallest absolute Gasteiger partial charge is 0.295 e. The van der Waals surface area contributed by atoms with Gasteiger partial charge in [-0.05, 0) is 59.1 Å². The fourth-order valence-electron chi connectivity index (χ4n) is 4.59. The highest BCUT2D eigenvalue weighted by molar-refractivity contribution is 6.46. The molecular weight excluding hydrogens is 426 g/mol. The fraction of sp³-hybridized carbons (Fsp3) is 0.448. The number of benzene rings is 2. The maximum atomic E-state index is 13.2. The molecule has 0 bridgehead atoms. The standard InChI is InChI=1S/C29H37NO4/c1-9-14-30-25(19-10-12-20(13-11-19)29(5,6)7)24(27(32)28(30)33)26(31)22-16-21(17(2)3)23(34-8)15-18(22)4/h10-13,15-17,25,31H,9,14H2,1-8H3/b26-24+. The number of Topliss-reactive ketones (excluding diaryl/α,β-unsaturated/α-hetero) is 1. The Hall–Kier alpha value is -3.08. The average molecular weight is 464 g/mol. The lowest BCUT2D eigenvalue weighted by Gasteiger charge is -2.26. The first-order valence-corrected chi connectivity index (χ1v) is 12.0. The van der Waals surface area contributed by atoms with Crippen LogP contribution in [-0.4, -0.2) is 35.4 Å². The number of carbonyl (C=O) groups excluding carboxylic acids is 2. The molecule has 0 radical (unpaired) electrons. The molecule has 1 unspecified atom stereocenters. The molecule has 1 amide bonds. The Morgan fingerprint density at radius 1 is 1.12 bits per heavy atom. The highest BCUT2D eigenvalue weighted by Crippen LogP contribution is 2.41. The van der Waals surface area contributed by atoms with Gasteiger partial charge < -0.3 is 14.7 Å². The van der Waals surface area contributed by atoms with Crippen molar-refractivity contribution in [3.63, 3.8) is 0 Å². The van der Waals surface area contributed by atoms with Crippen molar-refractivity contribution >= 4 is 17.4 Å². The van der Waals surface area contributed by atoms with E-state index in [2.05, 4.69) is 20.8 Å². The summed E-state index contributed by atoms with van der Waals surface area (Å²) in [6.07, 6.45) is 0.711. The zero-order valence-electron chi connectivity index (χ0n) is 21.7. The third kappa shape index (κ3) is 4.61. The lowest BCUT2D eigenvalue weighted by molar-refractivity contribution is -0.139. The monoisotopic (exact) mass is 463 g/mol. The van der Waals surface area contributed by atoms with E-state index in [1.165, 1.54) is 0 Å². The zero-order valence-corrected chi connectivity index (χ0v) is 21.7. The molecule has 1 aliphatic heterocycles. The van der Waals surface area contributed by atoms with E-state index in [0.717, 1.165) is 28.0 Å². The molecule has 3 rings (SSSR count). The van der Waals surface area contributed by atoms with Gasteiger partial charge in [0.1, 0.15) is 11.5 Å². The van der Waals surface area contributed by atoms with Crippen molar-refractivity contribution in [3.8, 4) is 5.75 Å². The first kappa shape index (κ1) is 25.5. The molecule has 182 valence electrons. The number of likely N-dealkylation sites (tertiary alicyclic amines) is 1. The Balaban J connectivity index is 2.24. The summed E-state index contributed by atoms with van der Waals surface area (Å²) in [5.41, 5.74) is 4.37. The molecule has 0 aromatic heterocycles. The van der Waals surface area contributed by atoms with E-state index in [4.69, 9.17) is 4.74 Å². The van der Waals surface area contributed by atoms with Gasteiger partial charge >= 0.3 is 0 Å². The molecule has 0 aliphatic carbocycles. The van der Waals surface area contributed by atoms with Gasteiger partial charge in [0.25, 0.3) is 11.7 Å². The molecule has 1 fully saturated rings. The second-order valence-corrected chi connectivity index (χ2v) is 10.4. The van der Waals surface area contributed by atoms with Crippen molar-refractivity contribution in [1.82, 2.24) is 4.90 Å². The molecule has 5 nitrogen and oxygen atoms in total. The van der Waals surface area contributed by atoms with E-state index >= 15 is 0 Å². The quantitative estimate of drug-likeness (QED) is 0.312. The summed E-state index contributed by atoms with van der Waals surface area (Å²) >= 11 is 0. The molecule has 0 saturated carbocycles. The number of amides is 1. The van der Waals surface area contributed by atoms with Crippen molar-refractivity contribution in [1.29, 1.82) is 0 Å². The number of ketones is 1. The van der Waals surface area contributed by atoms with Crippen molar-refractivity contribution in [2.75, 3.05) is 13.7 Å². The largest absolute Gasteiger partial charge is 0.507 e. The maximum absolute atomic E-state index is 13.2. The van der Waals surface area contributed by atoms with E-state index in [1.54, 1.807) is 12.0 Å². The van der Waals surface area contributed by atoms with Gasteiger partial charge in [0.2, 0.25) is 0 Å². The number of hydrogen-bond acceptors (Lipinski definition) is 4. The maximum Gasteiger partial charge on any atom is 0.295 e. The van der Waals surface area contributed by atoms with Crippen LogP contribution in [0.25, 0.3) is 5.76 Å². The number of ether oxygens (including phenoxy) is 1. The van der Waals surface area contributed by atoms with Crippen LogP contribution < -0.4 is 4.74 Å². The molecule has 2 aromatic carbocycles. The van der Waals surface area contributed by atoms with Crippen molar-refractivity contribution in [3.05, 3.63) is 69.8 Å². The topological polar surface area (TPSA) is 66.8 Å². The van der Waals surface area contributed by atoms with Crippen LogP contribution in [0.2, 0.25) is 0 Å². The molecule has 1 saturated heterocycles. The van der Waals surface area contributed by atoms with Crippen LogP contribution in [0.3, 0.4) is 0 Å². The SMILES string of the molecule is CCCN1C(=O)C(=O)/C(=C(/O)c2cc(C(C)C)c(OC)cc2C)C1c1ccc(C(C)(C)C)cc1. The number of aryl methyl sites for hydroxylation is 1. The van der Waals surface area contributed by atoms with Gasteiger partial charge in [0.15, 0.2) is 0 Å². The van der Waals surface area contributed by atoms with Crippen LogP contribution >= 0.6 is 0 Å². The molecule has 1 heterocycles. The predicted octanol–water partition coefficient (Wildman–Crippen LogP) is 6.26. The van der Waals surface area contributed by atoms with Gasteiger partial charge in [-0.25, -0.2) is 0 Å². The molecule has 1 N–H and O–H groups in total. The summed E-state index contributed by atoms with van der Waals surface area (Å²) in [6.45, 7) is 14.8. The Morgan fingerprint density at radius 2 is 1.74 bits per heavy atom. The number of methoxy groups -OCH3 is 1. The summed E-state index contributed by atoms with van der Waals surface area (Å²) in [6, 6.07) is 11.1. The number of nitrogens with zero attached hydrogens (tertiary/aromatic N) is 1. The molecule has 34 heavy (non-hydrogen) atoms.